The van der Waals surface area contributed by atoms with Crippen LogP contribution in [0.2, 0.25) is 0 Å². The van der Waals surface area contributed by atoms with Gasteiger partial charge < -0.3 is 14.8 Å². The highest BCUT2D eigenvalue weighted by atomic mass is 31.0. The molecule has 0 bridgehead atoms. The molecule has 1 aromatic heterocycles. The van der Waals surface area contributed by atoms with Gasteiger partial charge in [0, 0.05) is 46.9 Å². The molecule has 2 N–H and O–H groups in total. The van der Waals surface area contributed by atoms with Gasteiger partial charge in [0.2, 0.25) is 0 Å². The molecule has 5 atom stereocenters. The molecule has 0 radical (unpaired) electrons. The molecule has 2 aromatic carbocycles. The lowest BCUT2D eigenvalue weighted by molar-refractivity contribution is -0.131. The largest absolute Gasteiger partial charge is 0.478 e. The lowest BCUT2D eigenvalue weighted by atomic mass is 9.86. The molecule has 0 saturated carbocycles. The van der Waals surface area contributed by atoms with E-state index >= 15 is 13.2 Å². The Labute approximate surface area is 196 Å². The zero-order valence-electron chi connectivity index (χ0n) is 18.2. The Bertz CT molecular complexity index is 1250. The molecule has 3 aromatic rings. The number of rotatable bonds is 5. The predicted molar refractivity (Wildman–Crippen MR) is 126 cm³/mol. The lowest BCUT2D eigenvalue weighted by Gasteiger charge is -2.46. The minimum atomic E-state index is -1.33. The number of hydrogen-bond acceptors (Lipinski definition) is 3. The minimum Gasteiger partial charge on any atom is -0.478 e. The number of halogens is 3. The number of benzene rings is 2. The fourth-order valence-corrected chi connectivity index (χ4v) is 5.60. The molecule has 1 saturated heterocycles. The van der Waals surface area contributed by atoms with E-state index in [0.717, 1.165) is 40.8 Å². The summed E-state index contributed by atoms with van der Waals surface area (Å²) in [5.41, 5.74) is 2.21. The van der Waals surface area contributed by atoms with Gasteiger partial charge in [-0.1, -0.05) is 27.4 Å². The summed E-state index contributed by atoms with van der Waals surface area (Å²) in [6.07, 6.45) is 2.98. The second-order valence-corrected chi connectivity index (χ2v) is 9.35. The van der Waals surface area contributed by atoms with Gasteiger partial charge >= 0.3 is 5.97 Å². The zero-order valence-corrected chi connectivity index (χ0v) is 19.3. The number of carbonyl (C=O) groups is 1. The van der Waals surface area contributed by atoms with Crippen LogP contribution in [-0.2, 0) is 16.0 Å². The van der Waals surface area contributed by atoms with Crippen LogP contribution in [0.15, 0.2) is 42.5 Å². The fraction of sp³-hybridized carbons (Fsp3) is 0.320. The van der Waals surface area contributed by atoms with Crippen LogP contribution in [0.1, 0.15) is 34.8 Å². The number of hydrogen-bond donors (Lipinski definition) is 2. The number of aliphatic carboxylic acids is 1. The molecule has 9 heteroatoms. The number of nitrogens with one attached hydrogen (secondary N) is 1. The molecule has 5 nitrogen and oxygen atoms in total. The van der Waals surface area contributed by atoms with Crippen molar-refractivity contribution in [2.75, 3.05) is 13.2 Å². The van der Waals surface area contributed by atoms with Crippen LogP contribution in [0.3, 0.4) is 0 Å². The third kappa shape index (κ3) is 4.04. The van der Waals surface area contributed by atoms with E-state index in [1.54, 1.807) is 0 Å². The maximum absolute atomic E-state index is 15.6. The van der Waals surface area contributed by atoms with Crippen LogP contribution in [0.4, 0.5) is 13.2 Å². The van der Waals surface area contributed by atoms with E-state index in [1.165, 1.54) is 0 Å². The fourth-order valence-electron chi connectivity index (χ4n) is 5.27. The first-order valence-electron chi connectivity index (χ1n) is 11.1. The molecular formula is C25H24F3N2O3P. The second-order valence-electron chi connectivity index (χ2n) is 8.72. The summed E-state index contributed by atoms with van der Waals surface area (Å²) >= 11 is 0. The predicted octanol–water partition coefficient (Wildman–Crippen LogP) is 4.82. The molecule has 3 heterocycles. The number of ether oxygens (including phenoxy) is 1. The number of aromatic amines is 1. The van der Waals surface area contributed by atoms with Gasteiger partial charge in [-0.25, -0.2) is 18.0 Å². The lowest BCUT2D eigenvalue weighted by Crippen LogP contribution is -2.53. The molecule has 5 rings (SSSR count). The van der Waals surface area contributed by atoms with Gasteiger partial charge in [-0.15, -0.1) is 0 Å². The molecule has 0 spiro atoms. The Morgan fingerprint density at radius 3 is 2.65 bits per heavy atom. The van der Waals surface area contributed by atoms with Gasteiger partial charge in [-0.2, -0.15) is 0 Å². The van der Waals surface area contributed by atoms with Crippen LogP contribution < -0.4 is 0 Å². The summed E-state index contributed by atoms with van der Waals surface area (Å²) in [6, 6.07) is 8.06. The van der Waals surface area contributed by atoms with Gasteiger partial charge in [-0.3, -0.25) is 4.90 Å². The molecular weight excluding hydrogens is 464 g/mol. The number of fused-ring (bicyclic) bond motifs is 3. The summed E-state index contributed by atoms with van der Waals surface area (Å²) in [5.74, 6) is -4.18. The van der Waals surface area contributed by atoms with Crippen LogP contribution >= 0.6 is 9.24 Å². The topological polar surface area (TPSA) is 65.6 Å². The first-order chi connectivity index (χ1) is 16.3. The average molecular weight is 488 g/mol. The number of carboxylic acids is 1. The van der Waals surface area contributed by atoms with E-state index in [4.69, 9.17) is 9.84 Å². The van der Waals surface area contributed by atoms with E-state index < -0.39 is 35.6 Å². The van der Waals surface area contributed by atoms with Crippen LogP contribution in [0, 0.1) is 11.6 Å². The summed E-state index contributed by atoms with van der Waals surface area (Å²) in [6.45, 7) is 0.848. The smallest absolute Gasteiger partial charge is 0.328 e. The first kappa shape index (κ1) is 23.1. The molecule has 178 valence electrons. The Morgan fingerprint density at radius 2 is 2.00 bits per heavy atom. The molecule has 34 heavy (non-hydrogen) atoms. The highest BCUT2D eigenvalue weighted by molar-refractivity contribution is 7.17. The molecule has 1 fully saturated rings. The molecule has 0 aliphatic carbocycles. The standard InChI is InChI=1S/C25H24F3N2O3P/c26-17-9-13(5-6-21(31)32)10-18(27)22(17)24-23-16(15-3-1-2-4-19(15)29-23)11-20(25(28)34)30(24)14-7-8-33-12-14/h1-6,9-10,14,20,24-25,29H,7-8,11-12,34H2,(H,31,32)/b6-5+. The van der Waals surface area contributed by atoms with Gasteiger partial charge in [0.1, 0.15) is 17.5 Å². The quantitative estimate of drug-likeness (QED) is 0.399. The van der Waals surface area contributed by atoms with Crippen molar-refractivity contribution in [3.8, 4) is 0 Å². The maximum Gasteiger partial charge on any atom is 0.328 e. The Morgan fingerprint density at radius 1 is 1.26 bits per heavy atom. The van der Waals surface area contributed by atoms with Crippen molar-refractivity contribution in [1.29, 1.82) is 0 Å². The number of H-pyrrole nitrogens is 1. The number of aromatic nitrogens is 1. The van der Waals surface area contributed by atoms with Crippen molar-refractivity contribution in [3.05, 3.63) is 76.5 Å². The third-order valence-electron chi connectivity index (χ3n) is 6.70. The second kappa shape index (κ2) is 9.17. The van der Waals surface area contributed by atoms with Crippen LogP contribution in [0.5, 0.6) is 0 Å². The van der Waals surface area contributed by atoms with Crippen molar-refractivity contribution in [1.82, 2.24) is 9.88 Å². The maximum atomic E-state index is 15.6. The minimum absolute atomic E-state index is 0.0931. The zero-order chi connectivity index (χ0) is 24.0. The van der Waals surface area contributed by atoms with Gasteiger partial charge in [0.15, 0.2) is 0 Å². The van der Waals surface area contributed by atoms with Gasteiger partial charge in [0.05, 0.1) is 12.6 Å². The molecule has 2 aliphatic heterocycles. The van der Waals surface area contributed by atoms with E-state index in [2.05, 4.69) is 14.2 Å². The van der Waals surface area contributed by atoms with E-state index in [9.17, 15) is 4.79 Å². The number of alkyl halides is 1. The summed E-state index contributed by atoms with van der Waals surface area (Å²) in [7, 11) is 2.20. The van der Waals surface area contributed by atoms with Crippen molar-refractivity contribution in [2.45, 2.75) is 36.9 Å². The summed E-state index contributed by atoms with van der Waals surface area (Å²) in [4.78, 5) is 16.0. The summed E-state index contributed by atoms with van der Waals surface area (Å²) in [5, 5.41) is 9.76. The number of nitrogens with zero attached hydrogens (tertiary/aromatic N) is 1. The van der Waals surface area contributed by atoms with Crippen LogP contribution in [0.25, 0.3) is 17.0 Å². The first-order valence-corrected chi connectivity index (χ1v) is 11.8. The van der Waals surface area contributed by atoms with E-state index in [-0.39, 0.29) is 17.2 Å². The summed E-state index contributed by atoms with van der Waals surface area (Å²) < 4.78 is 51.7. The van der Waals surface area contributed by atoms with Crippen molar-refractivity contribution in [3.63, 3.8) is 0 Å². The van der Waals surface area contributed by atoms with Gasteiger partial charge in [0.25, 0.3) is 0 Å². The van der Waals surface area contributed by atoms with Crippen molar-refractivity contribution in [2.24, 2.45) is 0 Å². The number of carboxylic acid groups (broad SMARTS) is 1. The Hall–Kier alpha value is -2.67. The van der Waals surface area contributed by atoms with Crippen LogP contribution in [-0.4, -0.2) is 52.2 Å². The van der Waals surface area contributed by atoms with Crippen molar-refractivity contribution < 1.29 is 27.8 Å². The van der Waals surface area contributed by atoms with E-state index in [0.29, 0.717) is 31.7 Å². The molecule has 0 amide bonds. The van der Waals surface area contributed by atoms with Gasteiger partial charge in [-0.05, 0) is 48.2 Å². The highest BCUT2D eigenvalue weighted by Crippen LogP contribution is 2.46. The van der Waals surface area contributed by atoms with E-state index in [1.807, 2.05) is 29.2 Å². The third-order valence-corrected chi connectivity index (χ3v) is 7.15. The SMILES string of the molecule is O=C(O)/C=C/c1cc(F)c(C2c3[nH]c4ccccc4c3CC(C(F)P)N2C2CCOC2)c(F)c1. The Kier molecular flexibility index (Phi) is 6.23. The number of para-hydroxylation sites is 1. The Balaban J connectivity index is 1.73. The average Bonchev–Trinajstić information content (AvgIpc) is 3.44. The van der Waals surface area contributed by atoms with Crippen molar-refractivity contribution >= 4 is 32.2 Å². The normalized spacial score (nSPS) is 24.1. The molecule has 2 aliphatic rings. The highest BCUT2D eigenvalue weighted by Gasteiger charge is 2.46. The monoisotopic (exact) mass is 488 g/mol. The molecule has 5 unspecified atom stereocenters.